The first kappa shape index (κ1) is 22.7. The highest BCUT2D eigenvalue weighted by atomic mass is 32.2. The zero-order valence-corrected chi connectivity index (χ0v) is 19.4. The van der Waals surface area contributed by atoms with Crippen LogP contribution < -0.4 is 11.1 Å². The fraction of sp³-hybridized carbons (Fsp3) is 0.650. The number of amides is 2. The molecule has 1 unspecified atom stereocenters. The Morgan fingerprint density at radius 1 is 1.44 bits per heavy atom. The summed E-state index contributed by atoms with van der Waals surface area (Å²) in [6.07, 6.45) is 2.34. The molecule has 2 amide bonds. The van der Waals surface area contributed by atoms with E-state index in [-0.39, 0.29) is 53.3 Å². The predicted molar refractivity (Wildman–Crippen MR) is 117 cm³/mol. The Kier molecular flexibility index (Phi) is 6.03. The number of aromatic nitrogens is 3. The van der Waals surface area contributed by atoms with Gasteiger partial charge in [-0.2, -0.15) is 0 Å². The van der Waals surface area contributed by atoms with Crippen molar-refractivity contribution < 1.29 is 19.5 Å². The third kappa shape index (κ3) is 3.59. The maximum absolute atomic E-state index is 13.1. The smallest absolute Gasteiger partial charge is 0.353 e. The first-order valence-electron chi connectivity index (χ1n) is 10.7. The molecule has 0 saturated carbocycles. The fourth-order valence-electron chi connectivity index (χ4n) is 4.92. The minimum Gasteiger partial charge on any atom is -0.477 e. The Balaban J connectivity index is 1.53. The standard InChI is InChI=1S/C20H29N7O4S/c1-9-15-14(10(2)26-8-11(6-21)23-24-26)19(29)27(15)16(20(30)31)17(9)32-12-5-13(22-7-12)18(28)25(3)4/h8-10,12-15,22H,5-7,21H2,1-4H3,(H,30,31)/t9-,10?,12-,13+,14-,15-/m1/s1. The quantitative estimate of drug-likeness (QED) is 0.461. The van der Waals surface area contributed by atoms with Crippen LogP contribution in [0.4, 0.5) is 0 Å². The van der Waals surface area contributed by atoms with E-state index in [1.54, 1.807) is 29.9 Å². The summed E-state index contributed by atoms with van der Waals surface area (Å²) in [7, 11) is 3.44. The van der Waals surface area contributed by atoms with Gasteiger partial charge in [-0.25, -0.2) is 9.48 Å². The van der Waals surface area contributed by atoms with E-state index >= 15 is 0 Å². The van der Waals surface area contributed by atoms with Crippen molar-refractivity contribution in [2.45, 2.75) is 50.2 Å². The number of carboxylic acid groups (broad SMARTS) is 1. The molecule has 2 saturated heterocycles. The summed E-state index contributed by atoms with van der Waals surface area (Å²) < 4.78 is 1.64. The lowest BCUT2D eigenvalue weighted by molar-refractivity contribution is -0.159. The van der Waals surface area contributed by atoms with Gasteiger partial charge >= 0.3 is 5.97 Å². The Morgan fingerprint density at radius 3 is 2.75 bits per heavy atom. The van der Waals surface area contributed by atoms with E-state index < -0.39 is 11.9 Å². The second kappa shape index (κ2) is 8.49. The van der Waals surface area contributed by atoms with Crippen molar-refractivity contribution in [3.8, 4) is 0 Å². The lowest BCUT2D eigenvalue weighted by atomic mass is 9.78. The molecule has 0 bridgehead atoms. The molecule has 0 radical (unpaired) electrons. The molecular formula is C20H29N7O4S. The summed E-state index contributed by atoms with van der Waals surface area (Å²) >= 11 is 1.48. The maximum Gasteiger partial charge on any atom is 0.353 e. The largest absolute Gasteiger partial charge is 0.477 e. The summed E-state index contributed by atoms with van der Waals surface area (Å²) in [5, 5.41) is 21.3. The number of hydrogen-bond donors (Lipinski definition) is 3. The number of rotatable bonds is 7. The molecule has 0 spiro atoms. The molecule has 4 rings (SSSR count). The number of likely N-dealkylation sites (N-methyl/N-ethyl adjacent to an activating group) is 1. The van der Waals surface area contributed by atoms with Gasteiger partial charge in [0.1, 0.15) is 5.70 Å². The van der Waals surface area contributed by atoms with Gasteiger partial charge in [0, 0.05) is 43.3 Å². The van der Waals surface area contributed by atoms with Crippen LogP contribution in [0.15, 0.2) is 16.8 Å². The summed E-state index contributed by atoms with van der Waals surface area (Å²) in [6, 6.07) is -0.789. The molecule has 3 aliphatic rings. The number of nitrogens with two attached hydrogens (primary N) is 1. The van der Waals surface area contributed by atoms with Crippen LogP contribution in [0.2, 0.25) is 0 Å². The van der Waals surface area contributed by atoms with Gasteiger partial charge in [-0.1, -0.05) is 12.1 Å². The molecule has 11 nitrogen and oxygen atoms in total. The van der Waals surface area contributed by atoms with Gasteiger partial charge in [-0.15, -0.1) is 16.9 Å². The van der Waals surface area contributed by atoms with Crippen LogP contribution in [0.25, 0.3) is 0 Å². The second-order valence-corrected chi connectivity index (χ2v) is 10.2. The maximum atomic E-state index is 13.1. The van der Waals surface area contributed by atoms with Crippen LogP contribution in [0.5, 0.6) is 0 Å². The molecule has 0 aliphatic carbocycles. The average Bonchev–Trinajstić information content (AvgIpc) is 3.46. The zero-order chi connectivity index (χ0) is 23.3. The topological polar surface area (TPSA) is 147 Å². The number of β-lactam (4-membered cyclic amide) rings is 1. The Morgan fingerprint density at radius 2 is 2.16 bits per heavy atom. The van der Waals surface area contributed by atoms with Crippen LogP contribution >= 0.6 is 11.8 Å². The number of carboxylic acids is 1. The van der Waals surface area contributed by atoms with Gasteiger partial charge in [-0.3, -0.25) is 9.59 Å². The Hall–Kier alpha value is -2.44. The van der Waals surface area contributed by atoms with E-state index in [9.17, 15) is 19.5 Å². The third-order valence-electron chi connectivity index (χ3n) is 6.62. The first-order chi connectivity index (χ1) is 15.1. The van der Waals surface area contributed by atoms with Gasteiger partial charge in [-0.05, 0) is 13.3 Å². The number of thioether (sulfide) groups is 1. The van der Waals surface area contributed by atoms with E-state index in [0.717, 1.165) is 0 Å². The predicted octanol–water partition coefficient (Wildman–Crippen LogP) is -0.377. The fourth-order valence-corrected chi connectivity index (χ4v) is 6.40. The molecule has 1 aromatic heterocycles. The van der Waals surface area contributed by atoms with Crippen LogP contribution in [-0.2, 0) is 20.9 Å². The van der Waals surface area contributed by atoms with Gasteiger partial charge in [0.05, 0.1) is 35.9 Å². The SMILES string of the molecule is CC([C@H]1C(=O)N2C(C(=O)O)=C(S[C@H]3CN[C@H](C(=O)N(C)C)C3)[C@H](C)[C@H]12)n1cc(CN)nn1. The molecule has 6 atom stereocenters. The second-order valence-electron chi connectivity index (χ2n) is 8.83. The molecule has 4 N–H and O–H groups in total. The van der Waals surface area contributed by atoms with Crippen molar-refractivity contribution in [2.75, 3.05) is 20.6 Å². The van der Waals surface area contributed by atoms with Crippen molar-refractivity contribution in [1.29, 1.82) is 0 Å². The lowest BCUT2D eigenvalue weighted by Gasteiger charge is -2.47. The van der Waals surface area contributed by atoms with E-state index in [2.05, 4.69) is 15.6 Å². The van der Waals surface area contributed by atoms with E-state index in [0.29, 0.717) is 23.6 Å². The molecular weight excluding hydrogens is 434 g/mol. The Labute approximate surface area is 190 Å². The van der Waals surface area contributed by atoms with Crippen molar-refractivity contribution in [3.63, 3.8) is 0 Å². The minimum atomic E-state index is -1.10. The number of fused-ring (bicyclic) bond motifs is 1. The first-order valence-corrected chi connectivity index (χ1v) is 11.6. The van der Waals surface area contributed by atoms with Gasteiger partial charge < -0.3 is 26.0 Å². The third-order valence-corrected chi connectivity index (χ3v) is 8.13. The highest BCUT2D eigenvalue weighted by molar-refractivity contribution is 8.03. The van der Waals surface area contributed by atoms with Gasteiger partial charge in [0.15, 0.2) is 0 Å². The molecule has 32 heavy (non-hydrogen) atoms. The number of carbonyl (C=O) groups excluding carboxylic acids is 2. The van der Waals surface area contributed by atoms with Crippen LogP contribution in [0.3, 0.4) is 0 Å². The molecule has 3 aliphatic heterocycles. The molecule has 0 aromatic carbocycles. The minimum absolute atomic E-state index is 0.0116. The van der Waals surface area contributed by atoms with Gasteiger partial charge in [0.2, 0.25) is 11.8 Å². The van der Waals surface area contributed by atoms with Crippen molar-refractivity contribution in [3.05, 3.63) is 22.5 Å². The van der Waals surface area contributed by atoms with Crippen LogP contribution in [-0.4, -0.2) is 85.7 Å². The molecule has 12 heteroatoms. The number of carbonyl (C=O) groups is 3. The van der Waals surface area contributed by atoms with Crippen LogP contribution in [0.1, 0.15) is 32.0 Å². The molecule has 174 valence electrons. The molecule has 4 heterocycles. The van der Waals surface area contributed by atoms with Crippen molar-refractivity contribution >= 4 is 29.5 Å². The molecule has 2 fully saturated rings. The number of hydrogen-bond acceptors (Lipinski definition) is 8. The van der Waals surface area contributed by atoms with E-state index in [1.165, 1.54) is 16.7 Å². The Bertz CT molecular complexity index is 977. The number of aliphatic carboxylic acids is 1. The zero-order valence-electron chi connectivity index (χ0n) is 18.6. The van der Waals surface area contributed by atoms with E-state index in [4.69, 9.17) is 5.73 Å². The highest BCUT2D eigenvalue weighted by Crippen LogP contribution is 2.53. The summed E-state index contributed by atoms with van der Waals surface area (Å²) in [5.41, 5.74) is 6.33. The number of nitrogens with zero attached hydrogens (tertiary/aromatic N) is 5. The highest BCUT2D eigenvalue weighted by Gasteiger charge is 2.60. The average molecular weight is 464 g/mol. The van der Waals surface area contributed by atoms with Crippen LogP contribution in [0, 0.1) is 11.8 Å². The monoisotopic (exact) mass is 463 g/mol. The normalized spacial score (nSPS) is 30.3. The molecule has 1 aromatic rings. The van der Waals surface area contributed by atoms with Crippen molar-refractivity contribution in [2.24, 2.45) is 17.6 Å². The summed E-state index contributed by atoms with van der Waals surface area (Å²) in [4.78, 5) is 41.2. The summed E-state index contributed by atoms with van der Waals surface area (Å²) in [6.45, 7) is 4.73. The van der Waals surface area contributed by atoms with E-state index in [1.807, 2.05) is 13.8 Å². The van der Waals surface area contributed by atoms with Crippen molar-refractivity contribution in [1.82, 2.24) is 30.1 Å². The lowest BCUT2D eigenvalue weighted by Crippen LogP contribution is -2.62. The number of nitrogens with one attached hydrogen (secondary N) is 1. The van der Waals surface area contributed by atoms with Gasteiger partial charge in [0.25, 0.3) is 0 Å². The summed E-state index contributed by atoms with van der Waals surface area (Å²) in [5.74, 6) is -1.82.